The van der Waals surface area contributed by atoms with Crippen molar-refractivity contribution in [1.82, 2.24) is 4.98 Å². The fourth-order valence-electron chi connectivity index (χ4n) is 1.60. The van der Waals surface area contributed by atoms with E-state index in [1.807, 2.05) is 55.7 Å². The van der Waals surface area contributed by atoms with Gasteiger partial charge < -0.3 is 10.3 Å². The van der Waals surface area contributed by atoms with Crippen LogP contribution in [-0.2, 0) is 0 Å². The Bertz CT molecular complexity index is 525. The second-order valence-electron chi connectivity index (χ2n) is 3.68. The summed E-state index contributed by atoms with van der Waals surface area (Å²) in [4.78, 5) is 3.12. The molecule has 3 aromatic rings. The number of benzene rings is 2. The van der Waals surface area contributed by atoms with Gasteiger partial charge in [0.15, 0.2) is 0 Å². The first-order valence-corrected chi connectivity index (χ1v) is 5.65. The molecule has 0 fully saturated rings. The molecule has 3 rings (SSSR count). The lowest BCUT2D eigenvalue weighted by molar-refractivity contribution is 1.48. The Morgan fingerprint density at radius 1 is 0.824 bits per heavy atom. The van der Waals surface area contributed by atoms with E-state index < -0.39 is 0 Å². The molecule has 1 heterocycles. The minimum absolute atomic E-state index is 1.16. The van der Waals surface area contributed by atoms with Crippen LogP contribution in [0.25, 0.3) is 10.9 Å². The van der Waals surface area contributed by atoms with Gasteiger partial charge in [-0.25, -0.2) is 0 Å². The summed E-state index contributed by atoms with van der Waals surface area (Å²) in [6.45, 7) is 0. The lowest BCUT2D eigenvalue weighted by Crippen LogP contribution is -1.84. The van der Waals surface area contributed by atoms with Crippen molar-refractivity contribution in [2.75, 3.05) is 12.4 Å². The van der Waals surface area contributed by atoms with E-state index >= 15 is 0 Å². The summed E-state index contributed by atoms with van der Waals surface area (Å²) < 4.78 is 0. The molecule has 0 amide bonds. The van der Waals surface area contributed by atoms with E-state index in [-0.39, 0.29) is 0 Å². The van der Waals surface area contributed by atoms with Crippen LogP contribution >= 0.6 is 0 Å². The van der Waals surface area contributed by atoms with Crippen molar-refractivity contribution in [1.29, 1.82) is 0 Å². The molecule has 0 radical (unpaired) electrons. The molecule has 0 atom stereocenters. The number of fused-ring (bicyclic) bond motifs is 1. The van der Waals surface area contributed by atoms with Gasteiger partial charge in [-0.2, -0.15) is 0 Å². The molecular formula is C15H16N2. The van der Waals surface area contributed by atoms with Crippen molar-refractivity contribution in [2.45, 2.75) is 0 Å². The average Bonchev–Trinajstić information content (AvgIpc) is 2.89. The number of hydrogen-bond donors (Lipinski definition) is 2. The third-order valence-corrected chi connectivity index (χ3v) is 2.52. The predicted octanol–water partition coefficient (Wildman–Crippen LogP) is 3.90. The van der Waals surface area contributed by atoms with Crippen molar-refractivity contribution in [3.8, 4) is 0 Å². The fourth-order valence-corrected chi connectivity index (χ4v) is 1.60. The first kappa shape index (κ1) is 11.3. The number of H-pyrrole nitrogens is 1. The molecule has 2 nitrogen and oxygen atoms in total. The van der Waals surface area contributed by atoms with Gasteiger partial charge in [-0.3, -0.25) is 0 Å². The fraction of sp³-hybridized carbons (Fsp3) is 0.0667. The van der Waals surface area contributed by atoms with Crippen LogP contribution in [-0.4, -0.2) is 12.0 Å². The summed E-state index contributed by atoms with van der Waals surface area (Å²) in [7, 11) is 1.91. The van der Waals surface area contributed by atoms with Crippen LogP contribution in [0.1, 0.15) is 0 Å². The zero-order valence-electron chi connectivity index (χ0n) is 9.85. The number of rotatable bonds is 1. The molecular weight excluding hydrogens is 208 g/mol. The van der Waals surface area contributed by atoms with E-state index in [0.717, 1.165) is 5.69 Å². The molecule has 0 aliphatic heterocycles. The van der Waals surface area contributed by atoms with Crippen molar-refractivity contribution in [3.63, 3.8) is 0 Å². The highest BCUT2D eigenvalue weighted by Crippen LogP contribution is 2.09. The van der Waals surface area contributed by atoms with E-state index in [4.69, 9.17) is 0 Å². The van der Waals surface area contributed by atoms with E-state index in [0.29, 0.717) is 0 Å². The maximum atomic E-state index is 3.12. The van der Waals surface area contributed by atoms with Gasteiger partial charge in [-0.15, -0.1) is 0 Å². The summed E-state index contributed by atoms with van der Waals surface area (Å²) in [5.74, 6) is 0. The van der Waals surface area contributed by atoms with E-state index in [1.165, 1.54) is 10.9 Å². The molecule has 2 heteroatoms. The monoisotopic (exact) mass is 224 g/mol. The van der Waals surface area contributed by atoms with Crippen molar-refractivity contribution in [3.05, 3.63) is 66.9 Å². The standard InChI is InChI=1S/C8H7N.C7H9N/c1-2-4-8-7(3-1)5-6-9-8;1-8-7-5-3-2-4-6-7/h1-6,9H;2-6,8H,1H3. The summed E-state index contributed by atoms with van der Waals surface area (Å²) in [6.07, 6.45) is 1.95. The Morgan fingerprint density at radius 3 is 2.18 bits per heavy atom. The normalized spacial score (nSPS) is 9.47. The molecule has 0 saturated carbocycles. The molecule has 0 saturated heterocycles. The summed E-state index contributed by atoms with van der Waals surface area (Å²) >= 11 is 0. The lowest BCUT2D eigenvalue weighted by atomic mass is 10.3. The van der Waals surface area contributed by atoms with Crippen LogP contribution in [0.4, 0.5) is 5.69 Å². The molecule has 0 bridgehead atoms. The number of para-hydroxylation sites is 2. The smallest absolute Gasteiger partial charge is 0.0453 e. The third kappa shape index (κ3) is 3.11. The number of anilines is 1. The van der Waals surface area contributed by atoms with Gasteiger partial charge in [0.1, 0.15) is 0 Å². The molecule has 0 spiro atoms. The van der Waals surface area contributed by atoms with Gasteiger partial charge in [0.2, 0.25) is 0 Å². The summed E-state index contributed by atoms with van der Waals surface area (Å²) in [5.41, 5.74) is 2.37. The number of hydrogen-bond acceptors (Lipinski definition) is 1. The Labute approximate surface area is 101 Å². The SMILES string of the molecule is CNc1ccccc1.c1ccc2[nH]ccc2c1. The zero-order valence-corrected chi connectivity index (χ0v) is 9.85. The van der Waals surface area contributed by atoms with Crippen molar-refractivity contribution in [2.24, 2.45) is 0 Å². The lowest BCUT2D eigenvalue weighted by Gasteiger charge is -1.94. The second-order valence-corrected chi connectivity index (χ2v) is 3.68. The van der Waals surface area contributed by atoms with Crippen molar-refractivity contribution < 1.29 is 0 Å². The van der Waals surface area contributed by atoms with Crippen LogP contribution in [0.5, 0.6) is 0 Å². The largest absolute Gasteiger partial charge is 0.388 e. The molecule has 0 aliphatic rings. The first-order valence-electron chi connectivity index (χ1n) is 5.65. The topological polar surface area (TPSA) is 27.8 Å². The van der Waals surface area contributed by atoms with Crippen LogP contribution in [0.15, 0.2) is 66.9 Å². The highest BCUT2D eigenvalue weighted by atomic mass is 14.8. The van der Waals surface area contributed by atoms with E-state index in [9.17, 15) is 0 Å². The third-order valence-electron chi connectivity index (χ3n) is 2.52. The van der Waals surface area contributed by atoms with Crippen LogP contribution in [0.2, 0.25) is 0 Å². The molecule has 86 valence electrons. The van der Waals surface area contributed by atoms with Gasteiger partial charge in [-0.05, 0) is 29.7 Å². The Balaban J connectivity index is 0.000000128. The van der Waals surface area contributed by atoms with Gasteiger partial charge in [0.25, 0.3) is 0 Å². The average molecular weight is 224 g/mol. The highest BCUT2D eigenvalue weighted by molar-refractivity contribution is 5.78. The van der Waals surface area contributed by atoms with Crippen LogP contribution in [0.3, 0.4) is 0 Å². The molecule has 2 N–H and O–H groups in total. The molecule has 0 unspecified atom stereocenters. The maximum Gasteiger partial charge on any atom is 0.0453 e. The first-order chi connectivity index (χ1) is 8.40. The summed E-state index contributed by atoms with van der Waals surface area (Å²) in [6, 6.07) is 20.4. The second kappa shape index (κ2) is 5.75. The molecule has 2 aromatic carbocycles. The van der Waals surface area contributed by atoms with Crippen molar-refractivity contribution >= 4 is 16.6 Å². The molecule has 0 aliphatic carbocycles. The quantitative estimate of drug-likeness (QED) is 0.644. The van der Waals surface area contributed by atoms with E-state index in [2.05, 4.69) is 28.5 Å². The Kier molecular flexibility index (Phi) is 3.81. The van der Waals surface area contributed by atoms with Gasteiger partial charge >= 0.3 is 0 Å². The number of aromatic nitrogens is 1. The summed E-state index contributed by atoms with van der Waals surface area (Å²) in [5, 5.41) is 4.30. The highest BCUT2D eigenvalue weighted by Gasteiger charge is 1.86. The van der Waals surface area contributed by atoms with Gasteiger partial charge in [0.05, 0.1) is 0 Å². The Morgan fingerprint density at radius 2 is 1.53 bits per heavy atom. The predicted molar refractivity (Wildman–Crippen MR) is 74.3 cm³/mol. The molecule has 17 heavy (non-hydrogen) atoms. The minimum Gasteiger partial charge on any atom is -0.388 e. The molecule has 1 aromatic heterocycles. The number of nitrogens with one attached hydrogen (secondary N) is 2. The minimum atomic E-state index is 1.16. The number of aromatic amines is 1. The van der Waals surface area contributed by atoms with E-state index in [1.54, 1.807) is 0 Å². The zero-order chi connectivity index (χ0) is 11.9. The van der Waals surface area contributed by atoms with Crippen LogP contribution in [0, 0.1) is 0 Å². The van der Waals surface area contributed by atoms with Gasteiger partial charge in [0, 0.05) is 24.4 Å². The van der Waals surface area contributed by atoms with Gasteiger partial charge in [-0.1, -0.05) is 36.4 Å². The van der Waals surface area contributed by atoms with Crippen LogP contribution < -0.4 is 5.32 Å². The maximum absolute atomic E-state index is 3.12. The Hall–Kier alpha value is -2.22.